The number of carbonyl (C=O) groups is 1. The van der Waals surface area contributed by atoms with Gasteiger partial charge in [0.15, 0.2) is 0 Å². The number of carbonyl (C=O) groups excluding carboxylic acids is 1. The monoisotopic (exact) mass is 498 g/mol. The number of nitrogens with one attached hydrogen (secondary N) is 1. The van der Waals surface area contributed by atoms with Crippen molar-refractivity contribution >= 4 is 49.3 Å². The smallest absolute Gasteiger partial charge is 0.246 e. The Bertz CT molecular complexity index is 959. The zero-order chi connectivity index (χ0) is 20.9. The van der Waals surface area contributed by atoms with Gasteiger partial charge in [-0.3, -0.25) is 4.79 Å². The van der Waals surface area contributed by atoms with Crippen LogP contribution in [0.25, 0.3) is 0 Å². The molecule has 6 nitrogen and oxygen atoms in total. The lowest BCUT2D eigenvalue weighted by atomic mass is 10.2. The number of rotatable bonds is 7. The van der Waals surface area contributed by atoms with Crippen LogP contribution in [0.5, 0.6) is 5.75 Å². The Morgan fingerprint density at radius 3 is 2.48 bits per heavy atom. The van der Waals surface area contributed by atoms with Gasteiger partial charge in [0.1, 0.15) is 10.6 Å². The van der Waals surface area contributed by atoms with Crippen molar-refractivity contribution in [3.63, 3.8) is 0 Å². The number of anilines is 1. The first-order valence-corrected chi connectivity index (χ1v) is 12.5. The van der Waals surface area contributed by atoms with Crippen LogP contribution >= 0.6 is 27.7 Å². The first kappa shape index (κ1) is 22.1. The lowest BCUT2D eigenvalue weighted by molar-refractivity contribution is -0.113. The van der Waals surface area contributed by atoms with Crippen LogP contribution in [0.2, 0.25) is 0 Å². The molecule has 2 aromatic carbocycles. The number of ether oxygens (including phenoxy) is 1. The van der Waals surface area contributed by atoms with E-state index in [9.17, 15) is 13.2 Å². The second-order valence-corrected chi connectivity index (χ2v) is 10.5. The van der Waals surface area contributed by atoms with Crippen molar-refractivity contribution in [2.45, 2.75) is 29.1 Å². The van der Waals surface area contributed by atoms with Gasteiger partial charge in [0, 0.05) is 28.1 Å². The molecule has 0 spiro atoms. The van der Waals surface area contributed by atoms with Gasteiger partial charge in [0.25, 0.3) is 0 Å². The first-order valence-electron chi connectivity index (χ1n) is 9.26. The van der Waals surface area contributed by atoms with Crippen LogP contribution in [-0.4, -0.2) is 44.6 Å². The van der Waals surface area contributed by atoms with Crippen molar-refractivity contribution in [2.75, 3.05) is 31.3 Å². The molecule has 1 fully saturated rings. The third kappa shape index (κ3) is 5.75. The highest BCUT2D eigenvalue weighted by Crippen LogP contribution is 2.31. The van der Waals surface area contributed by atoms with Crippen LogP contribution in [0.3, 0.4) is 0 Å². The molecule has 0 radical (unpaired) electrons. The third-order valence-corrected chi connectivity index (χ3v) is 8.02. The number of benzene rings is 2. The predicted octanol–water partition coefficient (Wildman–Crippen LogP) is 4.36. The minimum Gasteiger partial charge on any atom is -0.495 e. The standard InChI is InChI=1S/C20H23BrN2O4S2/c1-27-18-10-7-16(13-19(18)29(25,26)23-11-3-2-4-12-23)22-20(24)14-28-17-8-5-15(21)6-9-17/h5-10,13H,2-4,11-12,14H2,1H3,(H,22,24). The van der Waals surface area contributed by atoms with Crippen LogP contribution in [0.4, 0.5) is 5.69 Å². The van der Waals surface area contributed by atoms with Crippen molar-refractivity contribution in [1.82, 2.24) is 4.31 Å². The molecular weight excluding hydrogens is 476 g/mol. The summed E-state index contributed by atoms with van der Waals surface area (Å²) in [7, 11) is -2.23. The summed E-state index contributed by atoms with van der Waals surface area (Å²) in [5.41, 5.74) is 0.433. The number of hydrogen-bond acceptors (Lipinski definition) is 5. The summed E-state index contributed by atoms with van der Waals surface area (Å²) >= 11 is 4.79. The zero-order valence-electron chi connectivity index (χ0n) is 16.1. The Hall–Kier alpha value is -1.55. The summed E-state index contributed by atoms with van der Waals surface area (Å²) in [4.78, 5) is 13.4. The van der Waals surface area contributed by atoms with Crippen LogP contribution in [0.1, 0.15) is 19.3 Å². The van der Waals surface area contributed by atoms with E-state index >= 15 is 0 Å². The number of methoxy groups -OCH3 is 1. The maximum absolute atomic E-state index is 13.1. The van der Waals surface area contributed by atoms with Crippen molar-refractivity contribution in [3.05, 3.63) is 46.9 Å². The molecule has 0 saturated carbocycles. The molecular formula is C20H23BrN2O4S2. The molecule has 1 saturated heterocycles. The number of nitrogens with zero attached hydrogens (tertiary/aromatic N) is 1. The maximum atomic E-state index is 13.1. The molecule has 29 heavy (non-hydrogen) atoms. The lowest BCUT2D eigenvalue weighted by Crippen LogP contribution is -2.35. The fourth-order valence-corrected chi connectivity index (χ4v) is 5.74. The highest BCUT2D eigenvalue weighted by atomic mass is 79.9. The van der Waals surface area contributed by atoms with Crippen molar-refractivity contribution in [3.8, 4) is 5.75 Å². The summed E-state index contributed by atoms with van der Waals surface area (Å²) in [5, 5.41) is 2.78. The van der Waals surface area contributed by atoms with E-state index in [4.69, 9.17) is 4.74 Å². The number of thioether (sulfide) groups is 1. The Balaban J connectivity index is 1.72. The summed E-state index contributed by atoms with van der Waals surface area (Å²) in [6, 6.07) is 12.4. The minimum absolute atomic E-state index is 0.0836. The Kier molecular flexibility index (Phi) is 7.61. The summed E-state index contributed by atoms with van der Waals surface area (Å²) in [5.74, 6) is 0.296. The van der Waals surface area contributed by atoms with Crippen LogP contribution in [0, 0.1) is 0 Å². The van der Waals surface area contributed by atoms with Gasteiger partial charge in [-0.1, -0.05) is 22.4 Å². The fourth-order valence-electron chi connectivity index (χ4n) is 3.08. The second-order valence-electron chi connectivity index (χ2n) is 6.62. The molecule has 0 aromatic heterocycles. The van der Waals surface area contributed by atoms with Crippen LogP contribution in [0.15, 0.2) is 56.7 Å². The van der Waals surface area contributed by atoms with E-state index in [1.807, 2.05) is 24.3 Å². The Morgan fingerprint density at radius 1 is 1.14 bits per heavy atom. The zero-order valence-corrected chi connectivity index (χ0v) is 19.3. The molecule has 0 unspecified atom stereocenters. The average Bonchev–Trinajstić information content (AvgIpc) is 2.74. The molecule has 0 atom stereocenters. The SMILES string of the molecule is COc1ccc(NC(=O)CSc2ccc(Br)cc2)cc1S(=O)(=O)N1CCCCC1. The first-order chi connectivity index (χ1) is 13.9. The lowest BCUT2D eigenvalue weighted by Gasteiger charge is -2.26. The van der Waals surface area contributed by atoms with E-state index in [0.29, 0.717) is 18.8 Å². The second kappa shape index (κ2) is 9.97. The minimum atomic E-state index is -3.68. The van der Waals surface area contributed by atoms with Gasteiger partial charge in [-0.2, -0.15) is 4.31 Å². The molecule has 1 aliphatic heterocycles. The number of piperidine rings is 1. The van der Waals surface area contributed by atoms with Crippen LogP contribution in [-0.2, 0) is 14.8 Å². The normalized spacial score (nSPS) is 15.1. The fraction of sp³-hybridized carbons (Fsp3) is 0.350. The molecule has 0 aliphatic carbocycles. The summed E-state index contributed by atoms with van der Waals surface area (Å²) < 4.78 is 33.9. The molecule has 9 heteroatoms. The number of sulfonamides is 1. The molecule has 1 aliphatic rings. The van der Waals surface area contributed by atoms with E-state index in [1.165, 1.54) is 29.2 Å². The molecule has 3 rings (SSSR count). The number of hydrogen-bond donors (Lipinski definition) is 1. The topological polar surface area (TPSA) is 75.7 Å². The van der Waals surface area contributed by atoms with E-state index in [0.717, 1.165) is 28.6 Å². The molecule has 0 bridgehead atoms. The molecule has 156 valence electrons. The highest BCUT2D eigenvalue weighted by Gasteiger charge is 2.29. The van der Waals surface area contributed by atoms with Gasteiger partial charge < -0.3 is 10.1 Å². The third-order valence-electron chi connectivity index (χ3n) is 4.56. The number of amides is 1. The van der Waals surface area contributed by atoms with Gasteiger partial charge in [-0.15, -0.1) is 11.8 Å². The Morgan fingerprint density at radius 2 is 1.83 bits per heavy atom. The molecule has 1 heterocycles. The van der Waals surface area contributed by atoms with E-state index in [-0.39, 0.29) is 22.3 Å². The van der Waals surface area contributed by atoms with Gasteiger partial charge >= 0.3 is 0 Å². The number of halogens is 1. The Labute approximate surface area is 184 Å². The van der Waals surface area contributed by atoms with E-state index in [1.54, 1.807) is 12.1 Å². The van der Waals surface area contributed by atoms with Crippen molar-refractivity contribution in [1.29, 1.82) is 0 Å². The van der Waals surface area contributed by atoms with Crippen molar-refractivity contribution in [2.24, 2.45) is 0 Å². The van der Waals surface area contributed by atoms with Gasteiger partial charge in [0.05, 0.1) is 12.9 Å². The van der Waals surface area contributed by atoms with Gasteiger partial charge in [-0.25, -0.2) is 8.42 Å². The summed E-state index contributed by atoms with van der Waals surface area (Å²) in [6.45, 7) is 1.01. The predicted molar refractivity (Wildman–Crippen MR) is 119 cm³/mol. The van der Waals surface area contributed by atoms with Gasteiger partial charge in [-0.05, 0) is 55.3 Å². The maximum Gasteiger partial charge on any atom is 0.246 e. The van der Waals surface area contributed by atoms with E-state index < -0.39 is 10.0 Å². The highest BCUT2D eigenvalue weighted by molar-refractivity contribution is 9.10. The largest absolute Gasteiger partial charge is 0.495 e. The van der Waals surface area contributed by atoms with Crippen LogP contribution < -0.4 is 10.1 Å². The quantitative estimate of drug-likeness (QED) is 0.573. The molecule has 1 N–H and O–H groups in total. The summed E-state index contributed by atoms with van der Waals surface area (Å²) in [6.07, 6.45) is 2.74. The molecule has 1 amide bonds. The van der Waals surface area contributed by atoms with Crippen molar-refractivity contribution < 1.29 is 17.9 Å². The average molecular weight is 499 g/mol. The van der Waals surface area contributed by atoms with Gasteiger partial charge in [0.2, 0.25) is 15.9 Å². The van der Waals surface area contributed by atoms with E-state index in [2.05, 4.69) is 21.2 Å². The molecule has 2 aromatic rings.